The molecule has 0 aromatic heterocycles. The van der Waals surface area contributed by atoms with Gasteiger partial charge in [-0.1, -0.05) is 32.9 Å². The Balaban J connectivity index is 1.87. The van der Waals surface area contributed by atoms with Crippen molar-refractivity contribution in [1.29, 1.82) is 0 Å². The van der Waals surface area contributed by atoms with Crippen LogP contribution in [0.5, 0.6) is 0 Å². The largest absolute Gasteiger partial charge is 0.326 e. The Bertz CT molecular complexity index is 431. The summed E-state index contributed by atoms with van der Waals surface area (Å²) in [5.41, 5.74) is 2.21. The summed E-state index contributed by atoms with van der Waals surface area (Å²) >= 11 is 0. The van der Waals surface area contributed by atoms with Crippen LogP contribution in [0.4, 0.5) is 5.69 Å². The van der Waals surface area contributed by atoms with Crippen molar-refractivity contribution in [3.05, 3.63) is 29.8 Å². The van der Waals surface area contributed by atoms with Crippen LogP contribution in [-0.4, -0.2) is 23.9 Å². The van der Waals surface area contributed by atoms with E-state index in [0.29, 0.717) is 0 Å². The highest BCUT2D eigenvalue weighted by Gasteiger charge is 2.15. The second-order valence-electron chi connectivity index (χ2n) is 6.30. The smallest absolute Gasteiger partial charge is 0.226 e. The third kappa shape index (κ3) is 4.34. The lowest BCUT2D eigenvalue weighted by atomic mass is 9.99. The Morgan fingerprint density at radius 1 is 1.25 bits per heavy atom. The summed E-state index contributed by atoms with van der Waals surface area (Å²) in [7, 11) is 0. The summed E-state index contributed by atoms with van der Waals surface area (Å²) in [6.07, 6.45) is 2.62. The molecule has 2 rings (SSSR count). The molecule has 0 atom stereocenters. The van der Waals surface area contributed by atoms with E-state index in [1.807, 2.05) is 26.0 Å². The maximum atomic E-state index is 11.6. The van der Waals surface area contributed by atoms with E-state index in [2.05, 4.69) is 29.3 Å². The van der Waals surface area contributed by atoms with E-state index < -0.39 is 0 Å². The summed E-state index contributed by atoms with van der Waals surface area (Å²) in [6.45, 7) is 9.57. The van der Waals surface area contributed by atoms with Gasteiger partial charge in [0.1, 0.15) is 0 Å². The van der Waals surface area contributed by atoms with Gasteiger partial charge in [-0.05, 0) is 49.5 Å². The van der Waals surface area contributed by atoms with Crippen LogP contribution in [0, 0.1) is 11.8 Å². The van der Waals surface area contributed by atoms with Gasteiger partial charge in [-0.2, -0.15) is 0 Å². The monoisotopic (exact) mass is 274 g/mol. The number of nitrogens with zero attached hydrogens (tertiary/aromatic N) is 1. The molecule has 0 bridgehead atoms. The van der Waals surface area contributed by atoms with E-state index >= 15 is 0 Å². The molecule has 1 aliphatic rings. The number of piperidine rings is 1. The van der Waals surface area contributed by atoms with Crippen LogP contribution in [0.2, 0.25) is 0 Å². The predicted octanol–water partition coefficient (Wildman–Crippen LogP) is 3.51. The minimum absolute atomic E-state index is 0.0185. The number of amides is 1. The van der Waals surface area contributed by atoms with E-state index in [1.165, 1.54) is 31.5 Å². The fourth-order valence-electron chi connectivity index (χ4n) is 2.46. The molecule has 1 aromatic carbocycles. The summed E-state index contributed by atoms with van der Waals surface area (Å²) in [5.74, 6) is 0.965. The number of nitrogens with one attached hydrogen (secondary N) is 1. The van der Waals surface area contributed by atoms with E-state index in [1.54, 1.807) is 0 Å². The highest BCUT2D eigenvalue weighted by atomic mass is 16.1. The average molecular weight is 274 g/mol. The number of hydrogen-bond acceptors (Lipinski definition) is 2. The quantitative estimate of drug-likeness (QED) is 0.911. The van der Waals surface area contributed by atoms with E-state index in [9.17, 15) is 4.79 Å². The molecule has 1 aliphatic heterocycles. The zero-order valence-electron chi connectivity index (χ0n) is 12.9. The minimum atomic E-state index is 0.0185. The van der Waals surface area contributed by atoms with Gasteiger partial charge >= 0.3 is 0 Å². The SMILES string of the molecule is CC1CCN(Cc2ccc(NC(=O)C(C)C)cc2)CC1. The van der Waals surface area contributed by atoms with Crippen molar-refractivity contribution in [2.75, 3.05) is 18.4 Å². The second-order valence-corrected chi connectivity index (χ2v) is 6.30. The lowest BCUT2D eigenvalue weighted by Crippen LogP contribution is -2.32. The van der Waals surface area contributed by atoms with Crippen molar-refractivity contribution < 1.29 is 4.79 Å². The molecular weight excluding hydrogens is 248 g/mol. The molecule has 3 heteroatoms. The van der Waals surface area contributed by atoms with Crippen LogP contribution in [0.15, 0.2) is 24.3 Å². The molecule has 1 amide bonds. The number of carbonyl (C=O) groups excluding carboxylic acids is 1. The maximum Gasteiger partial charge on any atom is 0.226 e. The average Bonchev–Trinajstić information content (AvgIpc) is 2.43. The first-order valence-electron chi connectivity index (χ1n) is 7.66. The lowest BCUT2D eigenvalue weighted by Gasteiger charge is -2.30. The van der Waals surface area contributed by atoms with Gasteiger partial charge in [0.15, 0.2) is 0 Å². The molecule has 0 saturated carbocycles. The molecule has 1 aromatic rings. The van der Waals surface area contributed by atoms with Gasteiger partial charge in [0.25, 0.3) is 0 Å². The van der Waals surface area contributed by atoms with Crippen molar-refractivity contribution >= 4 is 11.6 Å². The molecule has 0 radical (unpaired) electrons. The first kappa shape index (κ1) is 15.0. The molecular formula is C17H26N2O. The summed E-state index contributed by atoms with van der Waals surface area (Å²) in [4.78, 5) is 14.1. The first-order valence-corrected chi connectivity index (χ1v) is 7.66. The Kier molecular flexibility index (Phi) is 5.18. The molecule has 1 N–H and O–H groups in total. The van der Waals surface area contributed by atoms with Crippen LogP contribution in [0.25, 0.3) is 0 Å². The maximum absolute atomic E-state index is 11.6. The summed E-state index contributed by atoms with van der Waals surface area (Å²) < 4.78 is 0. The molecule has 0 spiro atoms. The number of anilines is 1. The predicted molar refractivity (Wildman–Crippen MR) is 83.6 cm³/mol. The van der Waals surface area contributed by atoms with Crippen molar-refractivity contribution in [2.24, 2.45) is 11.8 Å². The van der Waals surface area contributed by atoms with Gasteiger partial charge in [0, 0.05) is 18.2 Å². The zero-order chi connectivity index (χ0) is 14.5. The Morgan fingerprint density at radius 3 is 2.40 bits per heavy atom. The number of likely N-dealkylation sites (tertiary alicyclic amines) is 1. The minimum Gasteiger partial charge on any atom is -0.326 e. The third-order valence-electron chi connectivity index (χ3n) is 4.03. The molecule has 20 heavy (non-hydrogen) atoms. The van der Waals surface area contributed by atoms with Gasteiger partial charge in [-0.15, -0.1) is 0 Å². The van der Waals surface area contributed by atoms with Crippen molar-refractivity contribution in [3.8, 4) is 0 Å². The van der Waals surface area contributed by atoms with Gasteiger partial charge in [0.05, 0.1) is 0 Å². The van der Waals surface area contributed by atoms with Gasteiger partial charge in [-0.25, -0.2) is 0 Å². The molecule has 0 unspecified atom stereocenters. The van der Waals surface area contributed by atoms with E-state index in [0.717, 1.165) is 18.2 Å². The molecule has 3 nitrogen and oxygen atoms in total. The zero-order valence-corrected chi connectivity index (χ0v) is 12.9. The van der Waals surface area contributed by atoms with Gasteiger partial charge in [-0.3, -0.25) is 9.69 Å². The second kappa shape index (κ2) is 6.89. The highest BCUT2D eigenvalue weighted by molar-refractivity contribution is 5.91. The first-order chi connectivity index (χ1) is 9.54. The van der Waals surface area contributed by atoms with Crippen molar-refractivity contribution in [2.45, 2.75) is 40.2 Å². The number of carbonyl (C=O) groups is 1. The van der Waals surface area contributed by atoms with Gasteiger partial charge < -0.3 is 5.32 Å². The number of benzene rings is 1. The lowest BCUT2D eigenvalue weighted by molar-refractivity contribution is -0.118. The van der Waals surface area contributed by atoms with Crippen molar-refractivity contribution in [1.82, 2.24) is 4.90 Å². The number of hydrogen-bond donors (Lipinski definition) is 1. The molecule has 1 saturated heterocycles. The van der Waals surface area contributed by atoms with E-state index in [-0.39, 0.29) is 11.8 Å². The van der Waals surface area contributed by atoms with Crippen LogP contribution in [-0.2, 0) is 11.3 Å². The van der Waals surface area contributed by atoms with Crippen LogP contribution in [0.3, 0.4) is 0 Å². The van der Waals surface area contributed by atoms with Crippen LogP contribution in [0.1, 0.15) is 39.2 Å². The molecule has 1 heterocycles. The number of rotatable bonds is 4. The van der Waals surface area contributed by atoms with Crippen LogP contribution < -0.4 is 5.32 Å². The Morgan fingerprint density at radius 2 is 1.85 bits per heavy atom. The normalized spacial score (nSPS) is 17.4. The Labute approximate surface area is 122 Å². The molecule has 0 aliphatic carbocycles. The summed E-state index contributed by atoms with van der Waals surface area (Å²) in [5, 5.41) is 2.93. The van der Waals surface area contributed by atoms with Crippen molar-refractivity contribution in [3.63, 3.8) is 0 Å². The molecule has 110 valence electrons. The third-order valence-corrected chi connectivity index (χ3v) is 4.03. The standard InChI is InChI=1S/C17H26N2O/c1-13(2)17(20)18-16-6-4-15(5-7-16)12-19-10-8-14(3)9-11-19/h4-7,13-14H,8-12H2,1-3H3,(H,18,20). The van der Waals surface area contributed by atoms with Gasteiger partial charge in [0.2, 0.25) is 5.91 Å². The summed E-state index contributed by atoms with van der Waals surface area (Å²) in [6, 6.07) is 8.24. The fraction of sp³-hybridized carbons (Fsp3) is 0.588. The highest BCUT2D eigenvalue weighted by Crippen LogP contribution is 2.19. The van der Waals surface area contributed by atoms with E-state index in [4.69, 9.17) is 0 Å². The Hall–Kier alpha value is -1.35. The van der Waals surface area contributed by atoms with Crippen LogP contribution >= 0.6 is 0 Å². The fourth-order valence-corrected chi connectivity index (χ4v) is 2.46. The molecule has 1 fully saturated rings. The topological polar surface area (TPSA) is 32.3 Å².